The van der Waals surface area contributed by atoms with Gasteiger partial charge in [-0.25, -0.2) is 0 Å². The third-order valence-corrected chi connectivity index (χ3v) is 3.47. The number of nitrogens with one attached hydrogen (secondary N) is 1. The van der Waals surface area contributed by atoms with Crippen molar-refractivity contribution in [1.29, 1.82) is 0 Å². The minimum atomic E-state index is -0.506. The molecule has 0 bridgehead atoms. The summed E-state index contributed by atoms with van der Waals surface area (Å²) < 4.78 is 0. The van der Waals surface area contributed by atoms with E-state index in [1.807, 2.05) is 0 Å². The first-order valence-electron chi connectivity index (χ1n) is 6.86. The van der Waals surface area contributed by atoms with E-state index in [-0.39, 0.29) is 24.8 Å². The Morgan fingerprint density at radius 2 is 2.05 bits per heavy atom. The van der Waals surface area contributed by atoms with Crippen molar-refractivity contribution < 1.29 is 14.4 Å². The van der Waals surface area contributed by atoms with Crippen LogP contribution in [0, 0.1) is 0 Å². The average molecular weight is 290 g/mol. The number of aromatic nitrogens is 1. The molecule has 1 aliphatic rings. The van der Waals surface area contributed by atoms with Gasteiger partial charge in [-0.05, 0) is 25.0 Å². The van der Waals surface area contributed by atoms with Crippen LogP contribution in [0.2, 0.25) is 0 Å². The van der Waals surface area contributed by atoms with Gasteiger partial charge < -0.3 is 16.0 Å². The number of rotatable bonds is 5. The van der Waals surface area contributed by atoms with Crippen LogP contribution < -0.4 is 11.1 Å². The molecule has 1 aromatic rings. The summed E-state index contributed by atoms with van der Waals surface area (Å²) in [6, 6.07) is 2.69. The molecule has 0 saturated carbocycles. The molecule has 0 spiro atoms. The molecular formula is C14H18N4O3. The SMILES string of the molecule is NC(=O)C1CCCN1C(=O)CCNC(=O)c1ccncc1. The quantitative estimate of drug-likeness (QED) is 0.775. The molecule has 0 aromatic carbocycles. The van der Waals surface area contributed by atoms with Crippen molar-refractivity contribution in [2.75, 3.05) is 13.1 Å². The maximum Gasteiger partial charge on any atom is 0.251 e. The zero-order valence-corrected chi connectivity index (χ0v) is 11.6. The Bertz CT molecular complexity index is 532. The van der Waals surface area contributed by atoms with Crippen molar-refractivity contribution >= 4 is 17.7 Å². The fourth-order valence-electron chi connectivity index (χ4n) is 2.39. The number of primary amides is 1. The normalized spacial score (nSPS) is 17.5. The third kappa shape index (κ3) is 3.77. The molecule has 2 heterocycles. The molecule has 112 valence electrons. The second-order valence-electron chi connectivity index (χ2n) is 4.89. The molecule has 0 aliphatic carbocycles. The Hall–Kier alpha value is -2.44. The first-order chi connectivity index (χ1) is 10.1. The highest BCUT2D eigenvalue weighted by Crippen LogP contribution is 2.17. The number of pyridine rings is 1. The molecule has 3 amide bonds. The van der Waals surface area contributed by atoms with Crippen molar-refractivity contribution in [3.63, 3.8) is 0 Å². The molecule has 1 atom stereocenters. The summed E-state index contributed by atoms with van der Waals surface area (Å²) in [7, 11) is 0. The Balaban J connectivity index is 1.79. The summed E-state index contributed by atoms with van der Waals surface area (Å²) in [6.07, 6.45) is 4.61. The van der Waals surface area contributed by atoms with E-state index in [2.05, 4.69) is 10.3 Å². The summed E-state index contributed by atoms with van der Waals surface area (Å²) in [5.41, 5.74) is 5.76. The minimum Gasteiger partial charge on any atom is -0.368 e. The number of nitrogens with two attached hydrogens (primary N) is 1. The van der Waals surface area contributed by atoms with E-state index in [1.165, 1.54) is 17.3 Å². The summed E-state index contributed by atoms with van der Waals surface area (Å²) in [4.78, 5) is 40.4. The van der Waals surface area contributed by atoms with Gasteiger partial charge >= 0.3 is 0 Å². The number of carbonyl (C=O) groups is 3. The lowest BCUT2D eigenvalue weighted by Crippen LogP contribution is -2.44. The van der Waals surface area contributed by atoms with Crippen LogP contribution in [0.4, 0.5) is 0 Å². The lowest BCUT2D eigenvalue weighted by Gasteiger charge is -2.22. The first-order valence-corrected chi connectivity index (χ1v) is 6.86. The molecule has 1 fully saturated rings. The number of likely N-dealkylation sites (tertiary alicyclic amines) is 1. The van der Waals surface area contributed by atoms with Crippen molar-refractivity contribution in [3.8, 4) is 0 Å². The summed E-state index contributed by atoms with van der Waals surface area (Å²) >= 11 is 0. The maximum atomic E-state index is 12.0. The molecule has 7 nitrogen and oxygen atoms in total. The predicted molar refractivity (Wildman–Crippen MR) is 75.1 cm³/mol. The van der Waals surface area contributed by atoms with Gasteiger partial charge in [0, 0.05) is 37.5 Å². The Morgan fingerprint density at radius 3 is 2.71 bits per heavy atom. The molecule has 0 radical (unpaired) electrons. The maximum absolute atomic E-state index is 12.0. The van der Waals surface area contributed by atoms with Gasteiger partial charge in [0.2, 0.25) is 11.8 Å². The molecule has 1 saturated heterocycles. The van der Waals surface area contributed by atoms with E-state index in [1.54, 1.807) is 12.1 Å². The fraction of sp³-hybridized carbons (Fsp3) is 0.429. The molecule has 1 aliphatic heterocycles. The highest BCUT2D eigenvalue weighted by molar-refractivity contribution is 5.94. The second-order valence-corrected chi connectivity index (χ2v) is 4.89. The van der Waals surface area contributed by atoms with Crippen LogP contribution in [-0.4, -0.2) is 46.7 Å². The Morgan fingerprint density at radius 1 is 1.33 bits per heavy atom. The lowest BCUT2D eigenvalue weighted by molar-refractivity contribution is -0.137. The van der Waals surface area contributed by atoms with E-state index >= 15 is 0 Å². The second kappa shape index (κ2) is 6.83. The number of amides is 3. The van der Waals surface area contributed by atoms with Gasteiger partial charge in [-0.3, -0.25) is 19.4 Å². The zero-order valence-electron chi connectivity index (χ0n) is 11.6. The van der Waals surface area contributed by atoms with Gasteiger partial charge in [-0.1, -0.05) is 0 Å². The van der Waals surface area contributed by atoms with E-state index in [4.69, 9.17) is 5.73 Å². The smallest absolute Gasteiger partial charge is 0.251 e. The zero-order chi connectivity index (χ0) is 15.2. The van der Waals surface area contributed by atoms with E-state index in [0.717, 1.165) is 6.42 Å². The van der Waals surface area contributed by atoms with Gasteiger partial charge in [-0.2, -0.15) is 0 Å². The van der Waals surface area contributed by atoms with Crippen molar-refractivity contribution in [3.05, 3.63) is 30.1 Å². The molecule has 21 heavy (non-hydrogen) atoms. The van der Waals surface area contributed by atoms with Crippen LogP contribution in [0.25, 0.3) is 0 Å². The van der Waals surface area contributed by atoms with Crippen LogP contribution in [-0.2, 0) is 9.59 Å². The summed E-state index contributed by atoms with van der Waals surface area (Å²) in [6.45, 7) is 0.771. The first kappa shape index (κ1) is 15.0. The summed E-state index contributed by atoms with van der Waals surface area (Å²) in [5.74, 6) is -0.883. The molecule has 3 N–H and O–H groups in total. The number of carbonyl (C=O) groups excluding carboxylic acids is 3. The molecule has 2 rings (SSSR count). The van der Waals surface area contributed by atoms with E-state index in [0.29, 0.717) is 18.5 Å². The molecule has 7 heteroatoms. The van der Waals surface area contributed by atoms with Crippen molar-refractivity contribution in [2.45, 2.75) is 25.3 Å². The highest BCUT2D eigenvalue weighted by atomic mass is 16.2. The molecular weight excluding hydrogens is 272 g/mol. The number of hydrogen-bond donors (Lipinski definition) is 2. The van der Waals surface area contributed by atoms with Crippen LogP contribution in [0.1, 0.15) is 29.6 Å². The van der Waals surface area contributed by atoms with Gasteiger partial charge in [0.1, 0.15) is 6.04 Å². The van der Waals surface area contributed by atoms with Crippen molar-refractivity contribution in [2.24, 2.45) is 5.73 Å². The van der Waals surface area contributed by atoms with Gasteiger partial charge in [0.05, 0.1) is 0 Å². The predicted octanol–water partition coefficient (Wildman–Crippen LogP) is -0.322. The van der Waals surface area contributed by atoms with Crippen LogP contribution >= 0.6 is 0 Å². The largest absolute Gasteiger partial charge is 0.368 e. The van der Waals surface area contributed by atoms with Gasteiger partial charge in [-0.15, -0.1) is 0 Å². The highest BCUT2D eigenvalue weighted by Gasteiger charge is 2.32. The van der Waals surface area contributed by atoms with E-state index in [9.17, 15) is 14.4 Å². The lowest BCUT2D eigenvalue weighted by atomic mass is 10.2. The molecule has 1 unspecified atom stereocenters. The Labute approximate surface area is 122 Å². The monoisotopic (exact) mass is 290 g/mol. The number of nitrogens with zero attached hydrogens (tertiary/aromatic N) is 2. The standard InChI is InChI=1S/C14H18N4O3/c15-13(20)11-2-1-9-18(11)12(19)5-8-17-14(21)10-3-6-16-7-4-10/h3-4,6-7,11H,1-2,5,8-9H2,(H2,15,20)(H,17,21). The summed E-state index contributed by atoms with van der Waals surface area (Å²) in [5, 5.41) is 2.67. The topological polar surface area (TPSA) is 105 Å². The van der Waals surface area contributed by atoms with Gasteiger partial charge in [0.25, 0.3) is 5.91 Å². The number of hydrogen-bond acceptors (Lipinski definition) is 4. The third-order valence-electron chi connectivity index (χ3n) is 3.47. The van der Waals surface area contributed by atoms with Crippen LogP contribution in [0.15, 0.2) is 24.5 Å². The van der Waals surface area contributed by atoms with E-state index < -0.39 is 11.9 Å². The van der Waals surface area contributed by atoms with Gasteiger partial charge in [0.15, 0.2) is 0 Å². The Kier molecular flexibility index (Phi) is 4.86. The van der Waals surface area contributed by atoms with Crippen LogP contribution in [0.5, 0.6) is 0 Å². The average Bonchev–Trinajstić information content (AvgIpc) is 2.97. The van der Waals surface area contributed by atoms with Crippen molar-refractivity contribution in [1.82, 2.24) is 15.2 Å². The van der Waals surface area contributed by atoms with Crippen LogP contribution in [0.3, 0.4) is 0 Å². The molecule has 1 aromatic heterocycles. The minimum absolute atomic E-state index is 0.153. The fourth-order valence-corrected chi connectivity index (χ4v) is 2.39.